The number of halogens is 2. The summed E-state index contributed by atoms with van der Waals surface area (Å²) in [5.41, 5.74) is 0.904. The van der Waals surface area contributed by atoms with Gasteiger partial charge in [0.05, 0.1) is 11.6 Å². The Morgan fingerprint density at radius 2 is 2.16 bits per heavy atom. The first-order valence-electron chi connectivity index (χ1n) is 6.40. The molecule has 108 valence electrons. The van der Waals surface area contributed by atoms with E-state index < -0.39 is 0 Å². The molecule has 1 atom stereocenters. The minimum absolute atomic E-state index is 0.0996. The summed E-state index contributed by atoms with van der Waals surface area (Å²) in [4.78, 5) is 2.19. The van der Waals surface area contributed by atoms with Crippen molar-refractivity contribution in [2.24, 2.45) is 0 Å². The third-order valence-electron chi connectivity index (χ3n) is 3.06. The molecular weight excluding hydrogens is 267 g/mol. The van der Waals surface area contributed by atoms with E-state index in [-0.39, 0.29) is 16.9 Å². The van der Waals surface area contributed by atoms with E-state index in [9.17, 15) is 4.39 Å². The second-order valence-electron chi connectivity index (χ2n) is 4.65. The molecule has 0 saturated heterocycles. The second kappa shape index (κ2) is 8.48. The van der Waals surface area contributed by atoms with Crippen LogP contribution in [0.15, 0.2) is 18.2 Å². The summed E-state index contributed by atoms with van der Waals surface area (Å²) in [6.07, 6.45) is 0. The maximum Gasteiger partial charge on any atom is 0.142 e. The average molecular weight is 289 g/mol. The van der Waals surface area contributed by atoms with Gasteiger partial charge in [0.1, 0.15) is 5.82 Å². The lowest BCUT2D eigenvalue weighted by atomic mass is 10.1. The highest BCUT2D eigenvalue weighted by atomic mass is 35.5. The van der Waals surface area contributed by atoms with Crippen molar-refractivity contribution in [1.82, 2.24) is 10.2 Å². The van der Waals surface area contributed by atoms with E-state index in [1.165, 1.54) is 6.07 Å². The number of nitrogens with one attached hydrogen (secondary N) is 1. The van der Waals surface area contributed by atoms with Crippen LogP contribution in [0.5, 0.6) is 0 Å². The van der Waals surface area contributed by atoms with Crippen LogP contribution in [-0.2, 0) is 4.74 Å². The Morgan fingerprint density at radius 1 is 1.42 bits per heavy atom. The molecule has 0 bridgehead atoms. The number of rotatable bonds is 8. The lowest BCUT2D eigenvalue weighted by Gasteiger charge is -2.19. The number of hydrogen-bond acceptors (Lipinski definition) is 3. The largest absolute Gasteiger partial charge is 0.383 e. The minimum Gasteiger partial charge on any atom is -0.383 e. The van der Waals surface area contributed by atoms with E-state index in [1.54, 1.807) is 13.2 Å². The Kier molecular flexibility index (Phi) is 7.31. The summed E-state index contributed by atoms with van der Waals surface area (Å²) in [6, 6.07) is 5.02. The summed E-state index contributed by atoms with van der Waals surface area (Å²) in [7, 11) is 3.75. The van der Waals surface area contributed by atoms with E-state index in [0.717, 1.165) is 31.8 Å². The van der Waals surface area contributed by atoms with Gasteiger partial charge in [-0.25, -0.2) is 4.39 Å². The maximum atomic E-state index is 13.3. The zero-order chi connectivity index (χ0) is 14.3. The fraction of sp³-hybridized carbons (Fsp3) is 0.571. The lowest BCUT2D eigenvalue weighted by molar-refractivity contribution is 0.161. The molecule has 1 N–H and O–H groups in total. The quantitative estimate of drug-likeness (QED) is 0.796. The molecule has 0 radical (unpaired) electrons. The molecule has 0 saturated carbocycles. The van der Waals surface area contributed by atoms with Gasteiger partial charge in [0.25, 0.3) is 0 Å². The molecule has 0 aliphatic rings. The number of methoxy groups -OCH3 is 1. The molecule has 3 nitrogen and oxygen atoms in total. The first kappa shape index (κ1) is 16.4. The van der Waals surface area contributed by atoms with Crippen LogP contribution in [0.4, 0.5) is 4.39 Å². The van der Waals surface area contributed by atoms with Crippen molar-refractivity contribution >= 4 is 11.6 Å². The van der Waals surface area contributed by atoms with Gasteiger partial charge in [0, 0.05) is 32.8 Å². The summed E-state index contributed by atoms with van der Waals surface area (Å²) in [5.74, 6) is -0.370. The van der Waals surface area contributed by atoms with Crippen molar-refractivity contribution < 1.29 is 9.13 Å². The van der Waals surface area contributed by atoms with Crippen molar-refractivity contribution in [1.29, 1.82) is 0 Å². The number of ether oxygens (including phenoxy) is 1. The van der Waals surface area contributed by atoms with E-state index in [0.29, 0.717) is 0 Å². The van der Waals surface area contributed by atoms with Crippen molar-refractivity contribution in [2.75, 3.05) is 40.4 Å². The third kappa shape index (κ3) is 5.87. The summed E-state index contributed by atoms with van der Waals surface area (Å²) >= 11 is 5.67. The van der Waals surface area contributed by atoms with Crippen LogP contribution < -0.4 is 5.32 Å². The van der Waals surface area contributed by atoms with Gasteiger partial charge in [-0.05, 0) is 31.7 Å². The highest BCUT2D eigenvalue weighted by molar-refractivity contribution is 6.30. The molecule has 19 heavy (non-hydrogen) atoms. The Morgan fingerprint density at radius 3 is 2.79 bits per heavy atom. The van der Waals surface area contributed by atoms with Crippen LogP contribution in [0.2, 0.25) is 5.02 Å². The van der Waals surface area contributed by atoms with Crippen molar-refractivity contribution in [3.05, 3.63) is 34.6 Å². The van der Waals surface area contributed by atoms with Gasteiger partial charge < -0.3 is 15.0 Å². The molecule has 1 aromatic carbocycles. The highest BCUT2D eigenvalue weighted by Gasteiger charge is 2.08. The molecule has 1 rings (SSSR count). The highest BCUT2D eigenvalue weighted by Crippen LogP contribution is 2.19. The Balaban J connectivity index is 2.34. The number of benzene rings is 1. The fourth-order valence-corrected chi connectivity index (χ4v) is 1.85. The van der Waals surface area contributed by atoms with E-state index in [2.05, 4.69) is 10.2 Å². The standard InChI is InChI=1S/C14H22ClFN2O/c1-11(12-4-5-13(15)14(16)10-12)17-6-7-18(2)8-9-19-3/h4-5,10-11,17H,6-9H2,1-3H3. The van der Waals surface area contributed by atoms with Crippen molar-refractivity contribution in [3.8, 4) is 0 Å². The van der Waals surface area contributed by atoms with Gasteiger partial charge in [-0.15, -0.1) is 0 Å². The molecule has 0 aliphatic heterocycles. The predicted molar refractivity (Wildman–Crippen MR) is 77.2 cm³/mol. The van der Waals surface area contributed by atoms with E-state index >= 15 is 0 Å². The predicted octanol–water partition coefficient (Wildman–Crippen LogP) is 2.71. The molecule has 1 unspecified atom stereocenters. The Bertz CT molecular complexity index is 390. The minimum atomic E-state index is -0.370. The van der Waals surface area contributed by atoms with Crippen LogP contribution in [0.1, 0.15) is 18.5 Å². The van der Waals surface area contributed by atoms with Gasteiger partial charge in [-0.1, -0.05) is 17.7 Å². The number of hydrogen-bond donors (Lipinski definition) is 1. The molecule has 0 aromatic heterocycles. The Labute approximate surface area is 119 Å². The fourth-order valence-electron chi connectivity index (χ4n) is 1.73. The first-order valence-corrected chi connectivity index (χ1v) is 6.78. The zero-order valence-corrected chi connectivity index (χ0v) is 12.5. The van der Waals surface area contributed by atoms with E-state index in [4.69, 9.17) is 16.3 Å². The third-order valence-corrected chi connectivity index (χ3v) is 3.37. The number of nitrogens with zero attached hydrogens (tertiary/aromatic N) is 1. The lowest BCUT2D eigenvalue weighted by Crippen LogP contribution is -2.32. The van der Waals surface area contributed by atoms with Gasteiger partial charge in [-0.2, -0.15) is 0 Å². The first-order chi connectivity index (χ1) is 9.04. The molecular formula is C14H22ClFN2O. The topological polar surface area (TPSA) is 24.5 Å². The van der Waals surface area contributed by atoms with Crippen LogP contribution in [-0.4, -0.2) is 45.3 Å². The van der Waals surface area contributed by atoms with Crippen LogP contribution in [0.3, 0.4) is 0 Å². The van der Waals surface area contributed by atoms with Crippen molar-refractivity contribution in [2.45, 2.75) is 13.0 Å². The molecule has 0 aliphatic carbocycles. The monoisotopic (exact) mass is 288 g/mol. The average Bonchev–Trinajstić information content (AvgIpc) is 2.39. The summed E-state index contributed by atoms with van der Waals surface area (Å²) in [6.45, 7) is 5.41. The number of likely N-dealkylation sites (N-methyl/N-ethyl adjacent to an activating group) is 1. The smallest absolute Gasteiger partial charge is 0.142 e. The molecule has 0 spiro atoms. The van der Waals surface area contributed by atoms with Crippen LogP contribution in [0.25, 0.3) is 0 Å². The second-order valence-corrected chi connectivity index (χ2v) is 5.05. The molecule has 1 aromatic rings. The van der Waals surface area contributed by atoms with Crippen molar-refractivity contribution in [3.63, 3.8) is 0 Å². The SMILES string of the molecule is COCCN(C)CCNC(C)c1ccc(Cl)c(F)c1. The summed E-state index contributed by atoms with van der Waals surface area (Å²) in [5, 5.41) is 3.52. The van der Waals surface area contributed by atoms with Crippen LogP contribution >= 0.6 is 11.6 Å². The van der Waals surface area contributed by atoms with Crippen LogP contribution in [0, 0.1) is 5.82 Å². The van der Waals surface area contributed by atoms with Gasteiger partial charge >= 0.3 is 0 Å². The maximum absolute atomic E-state index is 13.3. The zero-order valence-electron chi connectivity index (χ0n) is 11.7. The molecule has 0 amide bonds. The van der Waals surface area contributed by atoms with E-state index in [1.807, 2.05) is 20.0 Å². The van der Waals surface area contributed by atoms with Gasteiger partial charge in [0.15, 0.2) is 0 Å². The molecule has 0 heterocycles. The Hall–Kier alpha value is -0.680. The van der Waals surface area contributed by atoms with Gasteiger partial charge in [0.2, 0.25) is 0 Å². The summed E-state index contributed by atoms with van der Waals surface area (Å²) < 4.78 is 18.4. The molecule has 5 heteroatoms. The van der Waals surface area contributed by atoms with Gasteiger partial charge in [-0.3, -0.25) is 0 Å². The molecule has 0 fully saturated rings. The normalized spacial score (nSPS) is 12.9.